The van der Waals surface area contributed by atoms with Gasteiger partial charge in [0.05, 0.1) is 4.90 Å². The normalized spacial score (nSPS) is 11.7. The highest BCUT2D eigenvalue weighted by Gasteiger charge is 2.12. The van der Waals surface area contributed by atoms with Gasteiger partial charge in [0, 0.05) is 26.1 Å². The number of sulfonamides is 1. The molecular formula is C12H16N2O3S. The molecule has 0 unspecified atom stereocenters. The van der Waals surface area contributed by atoms with Gasteiger partial charge < -0.3 is 4.90 Å². The number of rotatable bonds is 5. The van der Waals surface area contributed by atoms with E-state index in [0.717, 1.165) is 0 Å². The van der Waals surface area contributed by atoms with Crippen molar-refractivity contribution < 1.29 is 13.2 Å². The molecule has 0 aromatic heterocycles. The highest BCUT2D eigenvalue weighted by Crippen LogP contribution is 2.14. The zero-order valence-corrected chi connectivity index (χ0v) is 11.4. The van der Waals surface area contributed by atoms with Gasteiger partial charge in [-0.2, -0.15) is 8.42 Å². The van der Waals surface area contributed by atoms with E-state index in [4.69, 9.17) is 0 Å². The lowest BCUT2D eigenvalue weighted by Crippen LogP contribution is -2.10. The van der Waals surface area contributed by atoms with Crippen molar-refractivity contribution in [3.05, 3.63) is 29.8 Å². The summed E-state index contributed by atoms with van der Waals surface area (Å²) in [6, 6.07) is 5.80. The predicted molar refractivity (Wildman–Crippen MR) is 70.4 cm³/mol. The largest absolute Gasteiger partial charge is 0.368 e. The number of carbonyl (C=O) groups is 1. The van der Waals surface area contributed by atoms with Gasteiger partial charge in [-0.05, 0) is 12.1 Å². The van der Waals surface area contributed by atoms with Crippen molar-refractivity contribution in [2.45, 2.75) is 18.2 Å². The molecule has 6 heteroatoms. The highest BCUT2D eigenvalue weighted by atomic mass is 32.2. The molecule has 18 heavy (non-hydrogen) atoms. The van der Waals surface area contributed by atoms with Crippen molar-refractivity contribution in [1.29, 1.82) is 0 Å². The fourth-order valence-electron chi connectivity index (χ4n) is 1.23. The van der Waals surface area contributed by atoms with E-state index in [1.54, 1.807) is 21.0 Å². The number of benzene rings is 1. The first kappa shape index (κ1) is 14.4. The first-order chi connectivity index (χ1) is 8.36. The summed E-state index contributed by atoms with van der Waals surface area (Å²) in [4.78, 5) is 13.0. The first-order valence-corrected chi connectivity index (χ1v) is 6.91. The molecule has 0 heterocycles. The smallest absolute Gasteiger partial charge is 0.283 e. The molecule has 1 aromatic rings. The lowest BCUT2D eigenvalue weighted by Gasteiger charge is -2.04. The lowest BCUT2D eigenvalue weighted by molar-refractivity contribution is 0.0988. The molecule has 0 spiro atoms. The highest BCUT2D eigenvalue weighted by molar-refractivity contribution is 7.90. The second kappa shape index (κ2) is 5.77. The van der Waals surface area contributed by atoms with Crippen LogP contribution in [0.15, 0.2) is 33.6 Å². The van der Waals surface area contributed by atoms with Crippen LogP contribution in [0.3, 0.4) is 0 Å². The molecule has 0 aliphatic rings. The van der Waals surface area contributed by atoms with Gasteiger partial charge in [0.1, 0.15) is 6.34 Å². The molecule has 0 fully saturated rings. The number of hydrogen-bond donors (Lipinski definition) is 0. The molecule has 0 aliphatic carbocycles. The van der Waals surface area contributed by atoms with Crippen LogP contribution in [0.25, 0.3) is 0 Å². The Morgan fingerprint density at radius 1 is 1.28 bits per heavy atom. The number of ketones is 1. The SMILES string of the molecule is CCC(=O)c1ccc(S(=O)(=O)N=CN(C)C)cc1. The fraction of sp³-hybridized carbons (Fsp3) is 0.333. The monoisotopic (exact) mass is 268 g/mol. The third kappa shape index (κ3) is 3.66. The van der Waals surface area contributed by atoms with Gasteiger partial charge >= 0.3 is 0 Å². The molecule has 0 amide bonds. The van der Waals surface area contributed by atoms with Crippen LogP contribution in [0.2, 0.25) is 0 Å². The van der Waals surface area contributed by atoms with E-state index < -0.39 is 10.0 Å². The van der Waals surface area contributed by atoms with Crippen LogP contribution in [-0.2, 0) is 10.0 Å². The summed E-state index contributed by atoms with van der Waals surface area (Å²) >= 11 is 0. The van der Waals surface area contributed by atoms with E-state index >= 15 is 0 Å². The molecule has 0 saturated carbocycles. The summed E-state index contributed by atoms with van der Waals surface area (Å²) in [6.07, 6.45) is 1.62. The first-order valence-electron chi connectivity index (χ1n) is 5.47. The van der Waals surface area contributed by atoms with E-state index in [1.807, 2.05) is 0 Å². The summed E-state index contributed by atoms with van der Waals surface area (Å²) in [7, 11) is -0.323. The Hall–Kier alpha value is -1.69. The Balaban J connectivity index is 3.02. The second-order valence-electron chi connectivity index (χ2n) is 3.96. The Morgan fingerprint density at radius 3 is 2.28 bits per heavy atom. The van der Waals surface area contributed by atoms with Crippen molar-refractivity contribution in [3.8, 4) is 0 Å². The summed E-state index contributed by atoms with van der Waals surface area (Å²) in [5, 5.41) is 0. The van der Waals surface area contributed by atoms with Crippen LogP contribution in [0.1, 0.15) is 23.7 Å². The van der Waals surface area contributed by atoms with Gasteiger partial charge in [0.15, 0.2) is 5.78 Å². The van der Waals surface area contributed by atoms with Crippen LogP contribution in [0.5, 0.6) is 0 Å². The van der Waals surface area contributed by atoms with Crippen molar-refractivity contribution in [3.63, 3.8) is 0 Å². The number of hydrogen-bond acceptors (Lipinski definition) is 3. The van der Waals surface area contributed by atoms with Gasteiger partial charge in [-0.25, -0.2) is 0 Å². The molecule has 98 valence electrons. The molecule has 0 saturated heterocycles. The maximum atomic E-state index is 11.8. The summed E-state index contributed by atoms with van der Waals surface area (Å²) in [5.41, 5.74) is 0.507. The van der Waals surface area contributed by atoms with Crippen molar-refractivity contribution in [2.24, 2.45) is 4.40 Å². The third-order valence-corrected chi connectivity index (χ3v) is 3.45. The Labute approximate surface area is 107 Å². The molecule has 0 radical (unpaired) electrons. The zero-order valence-electron chi connectivity index (χ0n) is 10.6. The van der Waals surface area contributed by atoms with E-state index in [0.29, 0.717) is 12.0 Å². The Morgan fingerprint density at radius 2 is 1.83 bits per heavy atom. The van der Waals surface area contributed by atoms with Crippen LogP contribution >= 0.6 is 0 Å². The number of Topliss-reactive ketones (excluding diaryl/α,β-unsaturated/α-hetero) is 1. The Bertz CT molecular complexity index is 545. The van der Waals surface area contributed by atoms with E-state index in [9.17, 15) is 13.2 Å². The summed E-state index contributed by atoms with van der Waals surface area (Å²) in [5.74, 6) is -0.0178. The van der Waals surface area contributed by atoms with E-state index in [1.165, 1.54) is 35.5 Å². The average molecular weight is 268 g/mol. The van der Waals surface area contributed by atoms with E-state index in [2.05, 4.69) is 4.40 Å². The van der Waals surface area contributed by atoms with Crippen molar-refractivity contribution >= 4 is 22.1 Å². The Kier molecular flexibility index (Phi) is 4.61. The van der Waals surface area contributed by atoms with Crippen LogP contribution < -0.4 is 0 Å². The van der Waals surface area contributed by atoms with Gasteiger partial charge in [-0.15, -0.1) is 4.40 Å². The van der Waals surface area contributed by atoms with Gasteiger partial charge in [0.2, 0.25) is 0 Å². The third-order valence-electron chi connectivity index (χ3n) is 2.21. The fourth-order valence-corrected chi connectivity index (χ4v) is 2.15. The molecule has 0 bridgehead atoms. The topological polar surface area (TPSA) is 66.8 Å². The zero-order chi connectivity index (χ0) is 13.8. The van der Waals surface area contributed by atoms with E-state index in [-0.39, 0.29) is 10.7 Å². The van der Waals surface area contributed by atoms with Gasteiger partial charge in [-0.1, -0.05) is 19.1 Å². The molecule has 0 atom stereocenters. The molecule has 1 aromatic carbocycles. The minimum Gasteiger partial charge on any atom is -0.368 e. The molecular weight excluding hydrogens is 252 g/mol. The summed E-state index contributed by atoms with van der Waals surface area (Å²) in [6.45, 7) is 1.76. The molecule has 0 N–H and O–H groups in total. The van der Waals surface area contributed by atoms with Crippen LogP contribution in [0.4, 0.5) is 0 Å². The number of carbonyl (C=O) groups excluding carboxylic acids is 1. The maximum Gasteiger partial charge on any atom is 0.283 e. The molecule has 1 rings (SSSR count). The van der Waals surface area contributed by atoms with Crippen molar-refractivity contribution in [2.75, 3.05) is 14.1 Å². The molecule has 5 nitrogen and oxygen atoms in total. The summed E-state index contributed by atoms with van der Waals surface area (Å²) < 4.78 is 27.1. The van der Waals surface area contributed by atoms with Gasteiger partial charge in [-0.3, -0.25) is 4.79 Å². The maximum absolute atomic E-state index is 11.8. The lowest BCUT2D eigenvalue weighted by atomic mass is 10.1. The number of nitrogens with zero attached hydrogens (tertiary/aromatic N) is 2. The van der Waals surface area contributed by atoms with Crippen LogP contribution in [0, 0.1) is 0 Å². The minimum absolute atomic E-state index is 0.0178. The quantitative estimate of drug-likeness (QED) is 0.462. The molecule has 0 aliphatic heterocycles. The van der Waals surface area contributed by atoms with Crippen LogP contribution in [-0.4, -0.2) is 39.5 Å². The average Bonchev–Trinajstić information content (AvgIpc) is 2.36. The predicted octanol–water partition coefficient (Wildman–Crippen LogP) is 1.56. The standard InChI is InChI=1S/C12H16N2O3S/c1-4-12(15)10-5-7-11(8-6-10)18(16,17)13-9-14(2)3/h5-9H,4H2,1-3H3. The second-order valence-corrected chi connectivity index (χ2v) is 5.59. The van der Waals surface area contributed by atoms with Crippen molar-refractivity contribution in [1.82, 2.24) is 4.90 Å². The minimum atomic E-state index is -3.69. The van der Waals surface area contributed by atoms with Gasteiger partial charge in [0.25, 0.3) is 10.0 Å².